The predicted molar refractivity (Wildman–Crippen MR) is 220 cm³/mol. The first-order valence-corrected chi connectivity index (χ1v) is 20.1. The van der Waals surface area contributed by atoms with Crippen molar-refractivity contribution in [3.8, 4) is 34.4 Å². The van der Waals surface area contributed by atoms with Crippen molar-refractivity contribution < 1.29 is 24.4 Å². The van der Waals surface area contributed by atoms with Gasteiger partial charge < -0.3 is 29.3 Å². The largest absolute Gasteiger partial charge is 0.492 e. The molecule has 3 aromatic carbocycles. The zero-order valence-corrected chi connectivity index (χ0v) is 33.6. The second-order valence-corrected chi connectivity index (χ2v) is 15.1. The van der Waals surface area contributed by atoms with E-state index in [1.807, 2.05) is 42.5 Å². The number of β-amino-alcohol motifs (C(OH)–C–C–N with tert-alkyl or cyclic N) is 2. The lowest BCUT2D eigenvalue weighted by molar-refractivity contribution is 0.107. The van der Waals surface area contributed by atoms with Crippen LogP contribution in [0.15, 0.2) is 67.0 Å². The maximum absolute atomic E-state index is 9.36. The lowest BCUT2D eigenvalue weighted by Crippen LogP contribution is -2.47. The molecule has 2 saturated heterocycles. The third-order valence-electron chi connectivity index (χ3n) is 10.5. The monoisotopic (exact) mass is 802 g/mol. The van der Waals surface area contributed by atoms with Crippen LogP contribution in [0.4, 0.5) is 0 Å². The summed E-state index contributed by atoms with van der Waals surface area (Å²) in [6.45, 7) is 14.0. The molecule has 298 valence electrons. The molecule has 6 rings (SSSR count). The van der Waals surface area contributed by atoms with E-state index in [2.05, 4.69) is 43.6 Å². The number of aromatic nitrogens is 1. The van der Waals surface area contributed by atoms with Crippen molar-refractivity contribution in [3.63, 3.8) is 0 Å². The van der Waals surface area contributed by atoms with E-state index in [-0.39, 0.29) is 26.4 Å². The second-order valence-electron chi connectivity index (χ2n) is 14.3. The Balaban J connectivity index is 1.12. The van der Waals surface area contributed by atoms with Gasteiger partial charge in [0.2, 0.25) is 0 Å². The lowest BCUT2D eigenvalue weighted by atomic mass is 9.96. The van der Waals surface area contributed by atoms with Gasteiger partial charge in [-0.15, -0.1) is 0 Å². The molecule has 3 heterocycles. The van der Waals surface area contributed by atoms with Gasteiger partial charge in [0.1, 0.15) is 36.5 Å². The van der Waals surface area contributed by atoms with Crippen LogP contribution < -0.4 is 14.2 Å². The van der Waals surface area contributed by atoms with E-state index in [4.69, 9.17) is 37.4 Å². The zero-order chi connectivity index (χ0) is 39.3. The zero-order valence-electron chi connectivity index (χ0n) is 32.1. The van der Waals surface area contributed by atoms with Gasteiger partial charge in [-0.3, -0.25) is 19.7 Å². The fourth-order valence-electron chi connectivity index (χ4n) is 7.25. The average Bonchev–Trinajstić information content (AvgIpc) is 3.21. The number of rotatable bonds is 18. The molecule has 4 aromatic rings. The van der Waals surface area contributed by atoms with Crippen molar-refractivity contribution in [1.82, 2.24) is 24.6 Å². The minimum absolute atomic E-state index is 0.157. The smallest absolute Gasteiger partial charge is 0.142 e. The maximum Gasteiger partial charge on any atom is 0.142 e. The van der Waals surface area contributed by atoms with Gasteiger partial charge in [0, 0.05) is 114 Å². The fraction of sp³-hybridized carbons (Fsp3) is 0.442. The lowest BCUT2D eigenvalue weighted by Gasteiger charge is -2.34. The Kier molecular flexibility index (Phi) is 15.6. The van der Waals surface area contributed by atoms with E-state index in [1.54, 1.807) is 12.3 Å². The fourth-order valence-corrected chi connectivity index (χ4v) is 7.78. The molecule has 0 unspecified atom stereocenters. The topological polar surface area (TPSA) is 118 Å². The van der Waals surface area contributed by atoms with E-state index in [1.165, 1.54) is 6.20 Å². The summed E-state index contributed by atoms with van der Waals surface area (Å²) >= 11 is 13.9. The standard InChI is InChI=1S/C43H52Cl2N6O5/c1-32-35(5-2-6-37(32)38-7-3-8-40(43(38)45)54-22-4-9-48-10-12-49(13-11-48)18-20-52)31-56-42-25-41(55-30-34-23-33(26-46)27-47-28-34)36(24-39(42)44)29-51-16-14-50(15-17-51)19-21-53/h2-3,5-8,23-25,27-28,52-53H,4,9-22,29-31H2,1H3. The molecule has 0 atom stereocenters. The van der Waals surface area contributed by atoms with Gasteiger partial charge in [-0.2, -0.15) is 5.26 Å². The van der Waals surface area contributed by atoms with Gasteiger partial charge in [-0.05, 0) is 48.2 Å². The molecule has 2 fully saturated rings. The Bertz CT molecular complexity index is 1930. The van der Waals surface area contributed by atoms with Gasteiger partial charge in [0.15, 0.2) is 0 Å². The van der Waals surface area contributed by atoms with Crippen LogP contribution in [0.2, 0.25) is 10.0 Å². The van der Waals surface area contributed by atoms with Gasteiger partial charge in [-0.1, -0.05) is 53.5 Å². The molecular formula is C43H52Cl2N6O5. The molecule has 0 spiro atoms. The van der Waals surface area contributed by atoms with Crippen LogP contribution in [0.5, 0.6) is 17.2 Å². The summed E-state index contributed by atoms with van der Waals surface area (Å²) in [5.41, 5.74) is 6.13. The van der Waals surface area contributed by atoms with Crippen LogP contribution in [-0.2, 0) is 19.8 Å². The van der Waals surface area contributed by atoms with Crippen molar-refractivity contribution in [2.24, 2.45) is 0 Å². The SMILES string of the molecule is Cc1c(COc2cc(OCc3cncc(C#N)c3)c(CN3CCN(CCO)CC3)cc2Cl)cccc1-c1cccc(OCCCN2CCN(CCO)CC2)c1Cl. The maximum atomic E-state index is 9.36. The Hall–Kier alpha value is -3.96. The number of benzene rings is 3. The number of hydrogen-bond acceptors (Lipinski definition) is 11. The van der Waals surface area contributed by atoms with Gasteiger partial charge in [0.25, 0.3) is 0 Å². The molecule has 0 bridgehead atoms. The van der Waals surface area contributed by atoms with Crippen LogP contribution in [0, 0.1) is 18.3 Å². The molecule has 2 aliphatic rings. The summed E-state index contributed by atoms with van der Waals surface area (Å²) in [4.78, 5) is 13.5. The third kappa shape index (κ3) is 11.3. The summed E-state index contributed by atoms with van der Waals surface area (Å²) in [7, 11) is 0. The van der Waals surface area contributed by atoms with Gasteiger partial charge >= 0.3 is 0 Å². The van der Waals surface area contributed by atoms with Gasteiger partial charge in [0.05, 0.1) is 35.4 Å². The van der Waals surface area contributed by atoms with Crippen molar-refractivity contribution >= 4 is 23.2 Å². The Morgan fingerprint density at radius 3 is 2.04 bits per heavy atom. The predicted octanol–water partition coefficient (Wildman–Crippen LogP) is 5.88. The molecule has 2 N–H and O–H groups in total. The van der Waals surface area contributed by atoms with E-state index in [9.17, 15) is 15.5 Å². The van der Waals surface area contributed by atoms with Crippen LogP contribution >= 0.6 is 23.2 Å². The number of nitriles is 1. The molecule has 0 saturated carbocycles. The molecule has 0 radical (unpaired) electrons. The number of pyridine rings is 1. The van der Waals surface area contributed by atoms with Crippen molar-refractivity contribution in [2.75, 3.05) is 91.8 Å². The van der Waals surface area contributed by atoms with Crippen LogP contribution in [0.3, 0.4) is 0 Å². The number of hydrogen-bond donors (Lipinski definition) is 2. The van der Waals surface area contributed by atoms with Crippen molar-refractivity contribution in [2.45, 2.75) is 33.1 Å². The summed E-state index contributed by atoms with van der Waals surface area (Å²) in [5, 5.41) is 29.0. The van der Waals surface area contributed by atoms with Crippen LogP contribution in [0.1, 0.15) is 34.2 Å². The summed E-state index contributed by atoms with van der Waals surface area (Å²) in [6.07, 6.45) is 4.13. The highest BCUT2D eigenvalue weighted by Crippen LogP contribution is 2.39. The summed E-state index contributed by atoms with van der Waals surface area (Å²) in [5.74, 6) is 1.83. The number of halogens is 2. The molecule has 1 aromatic heterocycles. The molecule has 56 heavy (non-hydrogen) atoms. The number of ether oxygens (including phenoxy) is 3. The number of aliphatic hydroxyl groups excluding tert-OH is 2. The van der Waals surface area contributed by atoms with Crippen molar-refractivity contribution in [1.29, 1.82) is 5.26 Å². The Labute approximate surface area is 340 Å². The highest BCUT2D eigenvalue weighted by atomic mass is 35.5. The molecule has 0 amide bonds. The van der Waals surface area contributed by atoms with Gasteiger partial charge in [-0.25, -0.2) is 0 Å². The van der Waals surface area contributed by atoms with Crippen molar-refractivity contribution in [3.05, 3.63) is 105 Å². The molecule has 2 aliphatic heterocycles. The quantitative estimate of drug-likeness (QED) is 0.118. The molecule has 0 aliphatic carbocycles. The molecule has 13 heteroatoms. The van der Waals surface area contributed by atoms with E-state index in [0.717, 1.165) is 105 Å². The molecule has 11 nitrogen and oxygen atoms in total. The van der Waals surface area contributed by atoms with Crippen LogP contribution in [0.25, 0.3) is 11.1 Å². The van der Waals surface area contributed by atoms with E-state index in [0.29, 0.717) is 52.6 Å². The minimum atomic E-state index is 0.157. The average molecular weight is 804 g/mol. The summed E-state index contributed by atoms with van der Waals surface area (Å²) in [6, 6.07) is 19.7. The highest BCUT2D eigenvalue weighted by Gasteiger charge is 2.21. The number of aliphatic hydroxyl groups is 2. The Morgan fingerprint density at radius 2 is 1.34 bits per heavy atom. The molecular weight excluding hydrogens is 751 g/mol. The first kappa shape index (κ1) is 41.7. The second kappa shape index (κ2) is 21.0. The van der Waals surface area contributed by atoms with E-state index < -0.39 is 0 Å². The number of nitrogens with zero attached hydrogens (tertiary/aromatic N) is 6. The van der Waals surface area contributed by atoms with Crippen LogP contribution in [-0.4, -0.2) is 127 Å². The Morgan fingerprint density at radius 1 is 0.696 bits per heavy atom. The minimum Gasteiger partial charge on any atom is -0.492 e. The third-order valence-corrected chi connectivity index (χ3v) is 11.2. The number of piperazine rings is 2. The van der Waals surface area contributed by atoms with E-state index >= 15 is 0 Å². The summed E-state index contributed by atoms with van der Waals surface area (Å²) < 4.78 is 19.0. The first-order chi connectivity index (χ1) is 27.3. The normalized spacial score (nSPS) is 15.8. The first-order valence-electron chi connectivity index (χ1n) is 19.4. The highest BCUT2D eigenvalue weighted by molar-refractivity contribution is 6.35.